The second-order valence-corrected chi connectivity index (χ2v) is 8.64. The Morgan fingerprint density at radius 1 is 0.765 bits per heavy atom. The van der Waals surface area contributed by atoms with Gasteiger partial charge in [-0.15, -0.1) is 5.10 Å². The number of aromatic nitrogens is 4. The molecule has 0 radical (unpaired) electrons. The van der Waals surface area contributed by atoms with Crippen molar-refractivity contribution in [2.75, 3.05) is 32.7 Å². The molecule has 0 spiro atoms. The van der Waals surface area contributed by atoms with Crippen molar-refractivity contribution in [1.29, 1.82) is 0 Å². The Labute approximate surface area is 201 Å². The molecule has 172 valence electrons. The summed E-state index contributed by atoms with van der Waals surface area (Å²) in [4.78, 5) is 5.02. The Balaban J connectivity index is 1.30. The van der Waals surface area contributed by atoms with Gasteiger partial charge < -0.3 is 0 Å². The first-order valence-corrected chi connectivity index (χ1v) is 11.9. The third kappa shape index (κ3) is 5.47. The lowest BCUT2D eigenvalue weighted by molar-refractivity contribution is 0.113. The van der Waals surface area contributed by atoms with Gasteiger partial charge in [-0.3, -0.25) is 9.80 Å². The fourth-order valence-corrected chi connectivity index (χ4v) is 4.54. The molecule has 0 unspecified atom stereocenters. The average Bonchev–Trinajstić information content (AvgIpc) is 3.34. The van der Waals surface area contributed by atoms with E-state index in [1.54, 1.807) is 0 Å². The molecule has 6 nitrogen and oxygen atoms in total. The van der Waals surface area contributed by atoms with E-state index in [2.05, 4.69) is 122 Å². The Morgan fingerprint density at radius 2 is 1.41 bits per heavy atom. The monoisotopic (exact) mass is 450 g/mol. The smallest absolute Gasteiger partial charge is 0.173 e. The highest BCUT2D eigenvalue weighted by molar-refractivity contribution is 5.48. The summed E-state index contributed by atoms with van der Waals surface area (Å²) >= 11 is 0. The molecule has 0 amide bonds. The van der Waals surface area contributed by atoms with Crippen LogP contribution in [0.15, 0.2) is 97.1 Å². The van der Waals surface area contributed by atoms with Gasteiger partial charge in [0.15, 0.2) is 5.82 Å². The lowest BCUT2D eigenvalue weighted by Crippen LogP contribution is -2.48. The van der Waals surface area contributed by atoms with Crippen LogP contribution >= 0.6 is 0 Å². The van der Waals surface area contributed by atoms with E-state index >= 15 is 0 Å². The van der Waals surface area contributed by atoms with Crippen LogP contribution in [-0.2, 0) is 6.54 Å². The summed E-state index contributed by atoms with van der Waals surface area (Å²) in [5, 5.41) is 12.9. The first-order valence-electron chi connectivity index (χ1n) is 11.9. The van der Waals surface area contributed by atoms with Gasteiger partial charge in [0.1, 0.15) is 0 Å². The van der Waals surface area contributed by atoms with Gasteiger partial charge in [-0.05, 0) is 27.1 Å². The molecule has 3 aromatic carbocycles. The normalized spacial score (nSPS) is 16.1. The number of hydrogen-bond acceptors (Lipinski definition) is 5. The van der Waals surface area contributed by atoms with Gasteiger partial charge in [-0.25, -0.2) is 4.68 Å². The van der Waals surface area contributed by atoms with E-state index in [9.17, 15) is 0 Å². The second kappa shape index (κ2) is 11.0. The maximum absolute atomic E-state index is 4.50. The highest BCUT2D eigenvalue weighted by Gasteiger charge is 2.30. The summed E-state index contributed by atoms with van der Waals surface area (Å²) in [7, 11) is 0. The predicted octanol–water partition coefficient (Wildman–Crippen LogP) is 4.14. The maximum Gasteiger partial charge on any atom is 0.173 e. The van der Waals surface area contributed by atoms with Crippen LogP contribution in [0.3, 0.4) is 0 Å². The first-order chi connectivity index (χ1) is 16.9. The molecule has 6 heteroatoms. The van der Waals surface area contributed by atoms with Crippen LogP contribution < -0.4 is 0 Å². The van der Waals surface area contributed by atoms with Crippen molar-refractivity contribution >= 4 is 6.08 Å². The van der Waals surface area contributed by atoms with Gasteiger partial charge in [0.05, 0.1) is 12.6 Å². The zero-order valence-electron chi connectivity index (χ0n) is 19.3. The lowest BCUT2D eigenvalue weighted by atomic mass is 10.0. The summed E-state index contributed by atoms with van der Waals surface area (Å²) in [6, 6.07) is 31.5. The molecule has 4 aromatic rings. The van der Waals surface area contributed by atoms with E-state index in [1.165, 1.54) is 16.7 Å². The van der Waals surface area contributed by atoms with Crippen molar-refractivity contribution in [3.05, 3.63) is 120 Å². The number of rotatable bonds is 8. The van der Waals surface area contributed by atoms with Gasteiger partial charge in [0.2, 0.25) is 0 Å². The van der Waals surface area contributed by atoms with Crippen molar-refractivity contribution in [2.24, 2.45) is 0 Å². The maximum atomic E-state index is 4.50. The van der Waals surface area contributed by atoms with E-state index in [-0.39, 0.29) is 6.04 Å². The molecule has 1 saturated heterocycles. The molecule has 0 bridgehead atoms. The van der Waals surface area contributed by atoms with E-state index in [4.69, 9.17) is 0 Å². The summed E-state index contributed by atoms with van der Waals surface area (Å²) < 4.78 is 1.95. The van der Waals surface area contributed by atoms with Crippen LogP contribution in [0.25, 0.3) is 6.08 Å². The quantitative estimate of drug-likeness (QED) is 0.404. The number of piperazine rings is 1. The summed E-state index contributed by atoms with van der Waals surface area (Å²) in [5.41, 5.74) is 3.66. The Hall–Kier alpha value is -3.61. The SMILES string of the molecule is C(=Cc1ccccc1)CN1CCN([C@@H](c2ccccc2)c2nnnn2Cc2ccccc2)CC1. The topological polar surface area (TPSA) is 50.1 Å². The van der Waals surface area contributed by atoms with Crippen LogP contribution in [-0.4, -0.2) is 62.7 Å². The molecule has 1 fully saturated rings. The summed E-state index contributed by atoms with van der Waals surface area (Å²) in [5.74, 6) is 0.896. The standard InChI is InChI=1S/C28H30N6/c1-4-11-24(12-5-1)15-10-18-32-19-21-33(22-20-32)27(26-16-8-3-9-17-26)28-29-30-31-34(28)23-25-13-6-2-7-14-25/h1-17,27H,18-23H2/t27-/m0/s1. The molecule has 0 N–H and O–H groups in total. The van der Waals surface area contributed by atoms with Gasteiger partial charge in [0.25, 0.3) is 0 Å². The zero-order valence-corrected chi connectivity index (χ0v) is 19.3. The highest BCUT2D eigenvalue weighted by Crippen LogP contribution is 2.28. The van der Waals surface area contributed by atoms with E-state index in [0.29, 0.717) is 6.54 Å². The summed E-state index contributed by atoms with van der Waals surface area (Å²) in [6.45, 7) is 5.60. The molecule has 1 aliphatic heterocycles. The minimum absolute atomic E-state index is 0.0296. The molecule has 1 aromatic heterocycles. The van der Waals surface area contributed by atoms with Gasteiger partial charge in [0, 0.05) is 32.7 Å². The van der Waals surface area contributed by atoms with Crippen molar-refractivity contribution in [3.8, 4) is 0 Å². The minimum Gasteiger partial charge on any atom is -0.297 e. The van der Waals surface area contributed by atoms with Crippen LogP contribution in [0.1, 0.15) is 28.6 Å². The fraction of sp³-hybridized carbons (Fsp3) is 0.250. The van der Waals surface area contributed by atoms with Crippen LogP contribution in [0.4, 0.5) is 0 Å². The van der Waals surface area contributed by atoms with Crippen molar-refractivity contribution in [2.45, 2.75) is 12.6 Å². The average molecular weight is 451 g/mol. The van der Waals surface area contributed by atoms with E-state index < -0.39 is 0 Å². The molecule has 5 rings (SSSR count). The summed E-state index contributed by atoms with van der Waals surface area (Å²) in [6.07, 6.45) is 4.47. The highest BCUT2D eigenvalue weighted by atomic mass is 15.6. The molecule has 34 heavy (non-hydrogen) atoms. The number of nitrogens with zero attached hydrogens (tertiary/aromatic N) is 6. The van der Waals surface area contributed by atoms with E-state index in [1.807, 2.05) is 10.7 Å². The molecule has 2 heterocycles. The van der Waals surface area contributed by atoms with Crippen LogP contribution in [0.5, 0.6) is 0 Å². The second-order valence-electron chi connectivity index (χ2n) is 8.64. The van der Waals surface area contributed by atoms with E-state index in [0.717, 1.165) is 38.5 Å². The minimum atomic E-state index is 0.0296. The Bertz CT molecular complexity index is 1170. The zero-order chi connectivity index (χ0) is 23.0. The fourth-order valence-electron chi connectivity index (χ4n) is 4.54. The van der Waals surface area contributed by atoms with Gasteiger partial charge >= 0.3 is 0 Å². The van der Waals surface area contributed by atoms with Crippen LogP contribution in [0.2, 0.25) is 0 Å². The van der Waals surface area contributed by atoms with Crippen LogP contribution in [0, 0.1) is 0 Å². The first kappa shape index (κ1) is 22.2. The third-order valence-corrected chi connectivity index (χ3v) is 6.34. The number of hydrogen-bond donors (Lipinski definition) is 0. The molecule has 1 aliphatic rings. The number of tetrazole rings is 1. The van der Waals surface area contributed by atoms with Gasteiger partial charge in [-0.2, -0.15) is 0 Å². The van der Waals surface area contributed by atoms with Crippen molar-refractivity contribution < 1.29 is 0 Å². The lowest BCUT2D eigenvalue weighted by Gasteiger charge is -2.38. The molecule has 0 saturated carbocycles. The molecule has 0 aliphatic carbocycles. The largest absolute Gasteiger partial charge is 0.297 e. The molecule has 1 atom stereocenters. The Kier molecular flexibility index (Phi) is 7.19. The predicted molar refractivity (Wildman–Crippen MR) is 135 cm³/mol. The van der Waals surface area contributed by atoms with Crippen molar-refractivity contribution in [1.82, 2.24) is 30.0 Å². The number of benzene rings is 3. The Morgan fingerprint density at radius 3 is 2.12 bits per heavy atom. The third-order valence-electron chi connectivity index (χ3n) is 6.34. The van der Waals surface area contributed by atoms with Gasteiger partial charge in [-0.1, -0.05) is 103 Å². The van der Waals surface area contributed by atoms with Crippen molar-refractivity contribution in [3.63, 3.8) is 0 Å². The molecular weight excluding hydrogens is 420 g/mol. The molecular formula is C28H30N6.